The Kier molecular flexibility index (Phi) is 3.53. The van der Waals surface area contributed by atoms with Crippen molar-refractivity contribution in [3.8, 4) is 17.5 Å². The van der Waals surface area contributed by atoms with Crippen molar-refractivity contribution in [2.75, 3.05) is 5.73 Å². The second-order valence-corrected chi connectivity index (χ2v) is 6.68. The maximum absolute atomic E-state index is 10.3. The van der Waals surface area contributed by atoms with E-state index in [1.807, 2.05) is 38.3 Å². The minimum absolute atomic E-state index is 0.190. The molecule has 134 valence electrons. The van der Waals surface area contributed by atoms with E-state index in [1.54, 1.807) is 6.07 Å². The van der Waals surface area contributed by atoms with E-state index in [2.05, 4.69) is 16.0 Å². The normalized spacial score (nSPS) is 11.2. The fraction of sp³-hybridized carbons (Fsp3) is 0.200. The molecule has 0 aliphatic heterocycles. The Balaban J connectivity index is 2.35. The van der Waals surface area contributed by atoms with E-state index in [0.717, 1.165) is 22.2 Å². The number of benzene rings is 1. The van der Waals surface area contributed by atoms with Gasteiger partial charge >= 0.3 is 0 Å². The molecule has 0 spiro atoms. The highest BCUT2D eigenvalue weighted by molar-refractivity contribution is 6.13. The Bertz CT molecular complexity index is 1300. The van der Waals surface area contributed by atoms with E-state index in [9.17, 15) is 10.4 Å². The Labute approximate surface area is 155 Å². The maximum atomic E-state index is 10.3. The van der Waals surface area contributed by atoms with Crippen LogP contribution in [0.15, 0.2) is 18.5 Å². The first-order valence-electron chi connectivity index (χ1n) is 8.48. The summed E-state index contributed by atoms with van der Waals surface area (Å²) in [5.41, 5.74) is 11.9. The van der Waals surface area contributed by atoms with Crippen molar-refractivity contribution in [2.24, 2.45) is 0 Å². The van der Waals surface area contributed by atoms with Gasteiger partial charge in [-0.3, -0.25) is 4.57 Å². The highest BCUT2D eigenvalue weighted by Crippen LogP contribution is 2.38. The molecule has 7 heteroatoms. The number of phenols is 1. The number of nitrogen functional groups attached to an aromatic ring is 1. The Hall–Kier alpha value is -3.66. The van der Waals surface area contributed by atoms with Gasteiger partial charge in [-0.05, 0) is 44.9 Å². The molecule has 4 rings (SSSR count). The molecule has 0 atom stereocenters. The first-order valence-corrected chi connectivity index (χ1v) is 8.48. The van der Waals surface area contributed by atoms with Crippen LogP contribution in [0.5, 0.6) is 5.75 Å². The van der Waals surface area contributed by atoms with Gasteiger partial charge in [0.2, 0.25) is 0 Å². The molecular weight excluding hydrogens is 340 g/mol. The number of hydrogen-bond donors (Lipinski definition) is 2. The second kappa shape index (κ2) is 5.68. The van der Waals surface area contributed by atoms with Crippen LogP contribution in [0.2, 0.25) is 0 Å². The average molecular weight is 358 g/mol. The zero-order valence-corrected chi connectivity index (χ0v) is 15.5. The number of anilines is 1. The molecule has 0 amide bonds. The third-order valence-corrected chi connectivity index (χ3v) is 5.08. The van der Waals surface area contributed by atoms with E-state index in [0.29, 0.717) is 39.3 Å². The lowest BCUT2D eigenvalue weighted by Gasteiger charge is -2.15. The maximum Gasteiger partial charge on any atom is 0.152 e. The van der Waals surface area contributed by atoms with Gasteiger partial charge in [-0.1, -0.05) is 6.07 Å². The quantitative estimate of drug-likeness (QED) is 0.539. The van der Waals surface area contributed by atoms with Crippen LogP contribution in [0.4, 0.5) is 5.82 Å². The summed E-state index contributed by atoms with van der Waals surface area (Å²) in [6, 6.07) is 5.75. The molecule has 3 N–H and O–H groups in total. The summed E-state index contributed by atoms with van der Waals surface area (Å²) in [5.74, 6) is 0.520. The zero-order chi connectivity index (χ0) is 19.5. The largest absolute Gasteiger partial charge is 0.508 e. The molecule has 0 aliphatic carbocycles. The van der Waals surface area contributed by atoms with E-state index in [-0.39, 0.29) is 5.75 Å². The smallest absolute Gasteiger partial charge is 0.152 e. The van der Waals surface area contributed by atoms with Crippen molar-refractivity contribution in [3.05, 3.63) is 46.4 Å². The molecule has 3 aromatic heterocycles. The minimum Gasteiger partial charge on any atom is -0.508 e. The first kappa shape index (κ1) is 16.8. The van der Waals surface area contributed by atoms with E-state index in [4.69, 9.17) is 10.7 Å². The Morgan fingerprint density at radius 1 is 1.04 bits per heavy atom. The minimum atomic E-state index is 0.190. The lowest BCUT2D eigenvalue weighted by molar-refractivity contribution is 0.470. The lowest BCUT2D eigenvalue weighted by Crippen LogP contribution is -2.04. The first-order chi connectivity index (χ1) is 12.9. The van der Waals surface area contributed by atoms with Gasteiger partial charge < -0.3 is 10.8 Å². The number of hydrogen-bond acceptors (Lipinski definition) is 6. The van der Waals surface area contributed by atoms with E-state index in [1.165, 1.54) is 6.33 Å². The zero-order valence-electron chi connectivity index (χ0n) is 15.5. The summed E-state index contributed by atoms with van der Waals surface area (Å²) in [6.45, 7) is 7.51. The molecule has 0 aliphatic rings. The third kappa shape index (κ3) is 2.16. The molecule has 3 heterocycles. The number of rotatable bonds is 1. The predicted molar refractivity (Wildman–Crippen MR) is 104 cm³/mol. The molecule has 0 unspecified atom stereocenters. The van der Waals surface area contributed by atoms with Crippen LogP contribution in [0.25, 0.3) is 27.8 Å². The Morgan fingerprint density at radius 3 is 2.48 bits per heavy atom. The van der Waals surface area contributed by atoms with Crippen LogP contribution in [-0.2, 0) is 0 Å². The summed E-state index contributed by atoms with van der Waals surface area (Å²) in [5, 5.41) is 21.3. The van der Waals surface area contributed by atoms with Gasteiger partial charge in [-0.2, -0.15) is 5.26 Å². The fourth-order valence-electron chi connectivity index (χ4n) is 3.74. The number of phenolic OH excluding ortho intramolecular Hbond substituents is 1. The summed E-state index contributed by atoms with van der Waals surface area (Å²) in [7, 11) is 0. The van der Waals surface area contributed by atoms with E-state index < -0.39 is 0 Å². The van der Waals surface area contributed by atoms with Crippen molar-refractivity contribution in [1.29, 1.82) is 5.26 Å². The summed E-state index contributed by atoms with van der Waals surface area (Å²) in [4.78, 5) is 13.3. The monoisotopic (exact) mass is 358 g/mol. The van der Waals surface area contributed by atoms with Crippen LogP contribution in [-0.4, -0.2) is 24.6 Å². The number of nitrogens with two attached hydrogens (primary N) is 1. The number of aromatic hydroxyl groups is 1. The molecule has 0 radical (unpaired) electrons. The average Bonchev–Trinajstić information content (AvgIpc) is 2.95. The number of fused-ring (bicyclic) bond motifs is 3. The predicted octanol–water partition coefficient (Wildman–Crippen LogP) is 3.36. The van der Waals surface area contributed by atoms with Crippen molar-refractivity contribution in [3.63, 3.8) is 0 Å². The third-order valence-electron chi connectivity index (χ3n) is 5.08. The van der Waals surface area contributed by atoms with Crippen molar-refractivity contribution in [1.82, 2.24) is 19.5 Å². The van der Waals surface area contributed by atoms with Crippen LogP contribution >= 0.6 is 0 Å². The number of nitriles is 1. The summed E-state index contributed by atoms with van der Waals surface area (Å²) in [6.07, 6.45) is 1.41. The van der Waals surface area contributed by atoms with Crippen LogP contribution in [0.3, 0.4) is 0 Å². The van der Waals surface area contributed by atoms with Gasteiger partial charge in [0.25, 0.3) is 0 Å². The molecule has 27 heavy (non-hydrogen) atoms. The lowest BCUT2D eigenvalue weighted by atomic mass is 10.0. The number of aromatic nitrogens is 4. The molecule has 0 saturated heterocycles. The molecule has 0 bridgehead atoms. The van der Waals surface area contributed by atoms with Gasteiger partial charge in [0.05, 0.1) is 22.3 Å². The van der Waals surface area contributed by atoms with Crippen LogP contribution < -0.4 is 5.73 Å². The SMILES string of the molecule is Cc1ccc(O)c(C)c1-n1c2ncnc(N)c2c2c(C)c(C#N)c(C)nc21. The van der Waals surface area contributed by atoms with Gasteiger partial charge in [0.1, 0.15) is 29.6 Å². The topological polar surface area (TPSA) is 114 Å². The van der Waals surface area contributed by atoms with Crippen molar-refractivity contribution < 1.29 is 5.11 Å². The summed E-state index contributed by atoms with van der Waals surface area (Å²) >= 11 is 0. The van der Waals surface area contributed by atoms with Gasteiger partial charge in [-0.15, -0.1) is 0 Å². The Morgan fingerprint density at radius 2 is 1.78 bits per heavy atom. The fourth-order valence-corrected chi connectivity index (χ4v) is 3.74. The molecule has 0 fully saturated rings. The van der Waals surface area contributed by atoms with Gasteiger partial charge in [0, 0.05) is 10.9 Å². The standard InChI is InChI=1S/C20H18N6O/c1-9-5-6-14(27)11(3)17(9)26-19-16(18(22)23-8-24-19)15-10(2)13(7-21)12(4)25-20(15)26/h5-6,8,27H,1-4H3,(H2,22,23,24). The summed E-state index contributed by atoms with van der Waals surface area (Å²) < 4.78 is 1.90. The van der Waals surface area contributed by atoms with Crippen LogP contribution in [0, 0.1) is 39.0 Å². The van der Waals surface area contributed by atoms with Crippen molar-refractivity contribution >= 4 is 27.9 Å². The number of aryl methyl sites for hydroxylation is 3. The van der Waals surface area contributed by atoms with Gasteiger partial charge in [0.15, 0.2) is 5.65 Å². The molecule has 4 aromatic rings. The molecular formula is C20H18N6O. The van der Waals surface area contributed by atoms with Gasteiger partial charge in [-0.25, -0.2) is 15.0 Å². The highest BCUT2D eigenvalue weighted by Gasteiger charge is 2.24. The van der Waals surface area contributed by atoms with Crippen LogP contribution in [0.1, 0.15) is 27.9 Å². The molecule has 0 saturated carbocycles. The molecule has 1 aromatic carbocycles. The van der Waals surface area contributed by atoms with Crippen molar-refractivity contribution in [2.45, 2.75) is 27.7 Å². The second-order valence-electron chi connectivity index (χ2n) is 6.68. The molecule has 7 nitrogen and oxygen atoms in total. The highest BCUT2D eigenvalue weighted by atomic mass is 16.3. The number of nitrogens with zero attached hydrogens (tertiary/aromatic N) is 5. The van der Waals surface area contributed by atoms with E-state index >= 15 is 0 Å². The number of pyridine rings is 1.